The van der Waals surface area contributed by atoms with Crippen molar-refractivity contribution in [2.45, 2.75) is 43.6 Å². The molecule has 1 aliphatic heterocycles. The minimum absolute atomic E-state index is 0.0202. The highest BCUT2D eigenvalue weighted by molar-refractivity contribution is 7.98. The van der Waals surface area contributed by atoms with Crippen LogP contribution in [0.25, 0.3) is 0 Å². The van der Waals surface area contributed by atoms with Crippen molar-refractivity contribution in [1.29, 1.82) is 0 Å². The summed E-state index contributed by atoms with van der Waals surface area (Å²) in [4.78, 5) is 28.6. The first-order valence-electron chi connectivity index (χ1n) is 10.8. The van der Waals surface area contributed by atoms with Gasteiger partial charge in [-0.05, 0) is 47.2 Å². The number of nitro groups is 1. The van der Waals surface area contributed by atoms with Crippen molar-refractivity contribution in [3.05, 3.63) is 86.9 Å². The fraction of sp³-hybridized carbons (Fsp3) is 0.292. The molecule has 1 N–H and O–H groups in total. The van der Waals surface area contributed by atoms with Crippen molar-refractivity contribution in [3.63, 3.8) is 0 Å². The van der Waals surface area contributed by atoms with E-state index < -0.39 is 11.0 Å². The zero-order chi connectivity index (χ0) is 24.0. The second kappa shape index (κ2) is 8.35. The minimum Gasteiger partial charge on any atom is -0.328 e. The largest absolute Gasteiger partial charge is 0.328 e. The van der Waals surface area contributed by atoms with Gasteiger partial charge in [0.05, 0.1) is 4.92 Å². The molecule has 0 amide bonds. The maximum Gasteiger partial charge on any atom is 0.269 e. The molecule has 0 bridgehead atoms. The van der Waals surface area contributed by atoms with E-state index in [1.165, 1.54) is 36.0 Å². The van der Waals surface area contributed by atoms with E-state index in [1.54, 1.807) is 22.9 Å². The van der Waals surface area contributed by atoms with Crippen LogP contribution in [-0.2, 0) is 10.5 Å². The zero-order valence-corrected chi connectivity index (χ0v) is 19.4. The van der Waals surface area contributed by atoms with Gasteiger partial charge in [0.25, 0.3) is 5.69 Å². The van der Waals surface area contributed by atoms with Crippen LogP contribution in [0.5, 0.6) is 0 Å². The molecule has 0 spiro atoms. The molecule has 2 aliphatic rings. The smallest absolute Gasteiger partial charge is 0.269 e. The molecule has 0 fully saturated rings. The topological polar surface area (TPSA) is 103 Å². The van der Waals surface area contributed by atoms with Gasteiger partial charge in [0, 0.05) is 35.6 Å². The fourth-order valence-corrected chi connectivity index (χ4v) is 5.28. The maximum atomic E-state index is 13.5. The first kappa shape index (κ1) is 22.3. The van der Waals surface area contributed by atoms with E-state index in [2.05, 4.69) is 29.2 Å². The normalized spacial score (nSPS) is 18.8. The number of nitrogens with one attached hydrogen (secondary N) is 1. The van der Waals surface area contributed by atoms with Crippen molar-refractivity contribution in [2.75, 3.05) is 5.32 Å². The summed E-state index contributed by atoms with van der Waals surface area (Å²) < 4.78 is 15.2. The lowest BCUT2D eigenvalue weighted by Crippen LogP contribution is -2.36. The second-order valence-corrected chi connectivity index (χ2v) is 10.2. The van der Waals surface area contributed by atoms with Crippen molar-refractivity contribution >= 4 is 29.2 Å². The lowest BCUT2D eigenvalue weighted by Gasteiger charge is -2.38. The van der Waals surface area contributed by atoms with Crippen molar-refractivity contribution in [3.8, 4) is 0 Å². The van der Waals surface area contributed by atoms with Crippen LogP contribution >= 0.6 is 11.8 Å². The summed E-state index contributed by atoms with van der Waals surface area (Å²) in [5.41, 5.74) is 2.75. The number of aromatic nitrogens is 3. The molecule has 0 radical (unpaired) electrons. The summed E-state index contributed by atoms with van der Waals surface area (Å²) >= 11 is 1.37. The molecule has 3 aromatic rings. The van der Waals surface area contributed by atoms with Gasteiger partial charge in [0.2, 0.25) is 11.1 Å². The number of halogens is 1. The van der Waals surface area contributed by atoms with E-state index in [9.17, 15) is 19.3 Å². The number of carbonyl (C=O) groups is 1. The summed E-state index contributed by atoms with van der Waals surface area (Å²) in [6, 6.07) is 12.0. The van der Waals surface area contributed by atoms with E-state index in [0.717, 1.165) is 16.8 Å². The highest BCUT2D eigenvalue weighted by atomic mass is 32.2. The van der Waals surface area contributed by atoms with Crippen LogP contribution in [-0.4, -0.2) is 25.5 Å². The van der Waals surface area contributed by atoms with Gasteiger partial charge in [-0.2, -0.15) is 4.98 Å². The third kappa shape index (κ3) is 4.21. The highest BCUT2D eigenvalue weighted by Gasteiger charge is 2.42. The van der Waals surface area contributed by atoms with Crippen LogP contribution in [0.4, 0.5) is 16.0 Å². The minimum atomic E-state index is -0.535. The van der Waals surface area contributed by atoms with Crippen LogP contribution < -0.4 is 5.32 Å². The van der Waals surface area contributed by atoms with Crippen LogP contribution in [0.15, 0.2) is 65.0 Å². The lowest BCUT2D eigenvalue weighted by atomic mass is 9.73. The molecule has 0 saturated heterocycles. The van der Waals surface area contributed by atoms with Gasteiger partial charge in [0.15, 0.2) is 5.78 Å². The molecule has 2 heterocycles. The summed E-state index contributed by atoms with van der Waals surface area (Å²) in [6.45, 7) is 4.10. The molecule has 8 nitrogen and oxygen atoms in total. The Labute approximate surface area is 199 Å². The van der Waals surface area contributed by atoms with Gasteiger partial charge in [-0.3, -0.25) is 14.9 Å². The van der Waals surface area contributed by atoms with Gasteiger partial charge >= 0.3 is 0 Å². The Morgan fingerprint density at radius 2 is 2.00 bits per heavy atom. The molecule has 2 aromatic carbocycles. The summed E-state index contributed by atoms with van der Waals surface area (Å²) in [7, 11) is 0. The highest BCUT2D eigenvalue weighted by Crippen LogP contribution is 2.45. The number of benzene rings is 2. The predicted octanol–water partition coefficient (Wildman–Crippen LogP) is 5.28. The van der Waals surface area contributed by atoms with Crippen molar-refractivity contribution < 1.29 is 14.1 Å². The Balaban J connectivity index is 1.53. The standard InChI is InChI=1S/C24H22FN5O3S/c1-24(2)11-18-20(19(31)12-24)21(15-6-8-17(9-7-15)30(32)33)29-22(26-18)27-23(28-29)34-13-14-4-3-5-16(25)10-14/h3-10,21H,11-13H2,1-2H3,(H,26,27,28). The van der Waals surface area contributed by atoms with E-state index in [4.69, 9.17) is 0 Å². The third-order valence-corrected chi connectivity index (χ3v) is 6.90. The number of carbonyl (C=O) groups excluding carboxylic acids is 1. The first-order chi connectivity index (χ1) is 16.2. The summed E-state index contributed by atoms with van der Waals surface area (Å²) in [6.07, 6.45) is 1.08. The Kier molecular flexibility index (Phi) is 5.47. The van der Waals surface area contributed by atoms with Crippen LogP contribution in [0, 0.1) is 21.3 Å². The summed E-state index contributed by atoms with van der Waals surface area (Å²) in [5, 5.41) is 19.6. The molecule has 1 aliphatic carbocycles. The second-order valence-electron chi connectivity index (χ2n) is 9.29. The number of nitrogens with zero attached hydrogens (tertiary/aromatic N) is 4. The van der Waals surface area contributed by atoms with Crippen LogP contribution in [0.3, 0.4) is 0 Å². The Morgan fingerprint density at radius 3 is 2.71 bits per heavy atom. The fourth-order valence-electron chi connectivity index (χ4n) is 4.51. The average Bonchev–Trinajstić information content (AvgIpc) is 3.18. The van der Waals surface area contributed by atoms with Gasteiger partial charge in [-0.1, -0.05) is 37.7 Å². The van der Waals surface area contributed by atoms with Crippen LogP contribution in [0.2, 0.25) is 0 Å². The molecule has 1 unspecified atom stereocenters. The molecular formula is C24H22FN5O3S. The number of non-ortho nitro benzene ring substituents is 1. The molecular weight excluding hydrogens is 457 g/mol. The van der Waals surface area contributed by atoms with Gasteiger partial charge in [-0.25, -0.2) is 9.07 Å². The van der Waals surface area contributed by atoms with Crippen molar-refractivity contribution in [1.82, 2.24) is 14.8 Å². The zero-order valence-electron chi connectivity index (χ0n) is 18.6. The molecule has 1 atom stereocenters. The molecule has 174 valence electrons. The van der Waals surface area contributed by atoms with Gasteiger partial charge in [0.1, 0.15) is 11.9 Å². The number of nitro benzene ring substituents is 1. The van der Waals surface area contributed by atoms with Gasteiger partial charge in [-0.15, -0.1) is 5.10 Å². The number of Topliss-reactive ketones (excluding diaryl/α,β-unsaturated/α-hetero) is 1. The lowest BCUT2D eigenvalue weighted by molar-refractivity contribution is -0.384. The maximum absolute atomic E-state index is 13.5. The molecule has 5 rings (SSSR count). The number of hydrogen-bond donors (Lipinski definition) is 1. The van der Waals surface area contributed by atoms with Crippen molar-refractivity contribution in [2.24, 2.45) is 5.41 Å². The Hall–Kier alpha value is -3.53. The predicted molar refractivity (Wildman–Crippen MR) is 126 cm³/mol. The molecule has 1 aromatic heterocycles. The number of fused-ring (bicyclic) bond motifs is 1. The number of ketones is 1. The summed E-state index contributed by atoms with van der Waals surface area (Å²) in [5.74, 6) is 0.724. The van der Waals surface area contributed by atoms with Crippen LogP contribution in [0.1, 0.15) is 43.9 Å². The number of thioether (sulfide) groups is 1. The van der Waals surface area contributed by atoms with E-state index in [0.29, 0.717) is 35.3 Å². The molecule has 0 saturated carbocycles. The monoisotopic (exact) mass is 479 g/mol. The number of hydrogen-bond acceptors (Lipinski definition) is 7. The number of rotatable bonds is 5. The van der Waals surface area contributed by atoms with Gasteiger partial charge < -0.3 is 5.32 Å². The molecule has 34 heavy (non-hydrogen) atoms. The van der Waals surface area contributed by atoms with E-state index >= 15 is 0 Å². The first-order valence-corrected chi connectivity index (χ1v) is 11.8. The average molecular weight is 480 g/mol. The molecule has 10 heteroatoms. The SMILES string of the molecule is CC1(C)CC(=O)C2=C(C1)Nc1nc(SCc3cccc(F)c3)nn1C2c1ccc([N+](=O)[O-])cc1. The Bertz CT molecular complexity index is 1330. The Morgan fingerprint density at radius 1 is 1.24 bits per heavy atom. The van der Waals surface area contributed by atoms with E-state index in [1.807, 2.05) is 6.07 Å². The van der Waals surface area contributed by atoms with E-state index in [-0.39, 0.29) is 22.7 Å². The number of allylic oxidation sites excluding steroid dienone is 2. The number of anilines is 1. The quantitative estimate of drug-likeness (QED) is 0.302. The third-order valence-electron chi connectivity index (χ3n) is 5.99.